The number of hydrogen-bond donors (Lipinski definition) is 1. The first-order chi connectivity index (χ1) is 15.1. The molecule has 3 rings (SSSR count). The normalized spacial score (nSPS) is 15.4. The van der Waals surface area contributed by atoms with Gasteiger partial charge in [-0.1, -0.05) is 0 Å². The maximum atomic E-state index is 13.0. The van der Waals surface area contributed by atoms with Crippen LogP contribution in [-0.2, 0) is 26.0 Å². The molecule has 0 saturated carbocycles. The highest BCUT2D eigenvalue weighted by molar-refractivity contribution is 7.89. The Hall–Kier alpha value is -3.11. The van der Waals surface area contributed by atoms with E-state index in [-0.39, 0.29) is 23.4 Å². The fourth-order valence-electron chi connectivity index (χ4n) is 3.80. The topological polar surface area (TPSA) is 105 Å². The molecular weight excluding hydrogens is 434 g/mol. The Kier molecular flexibility index (Phi) is 6.75. The number of carbonyl (C=O) groups is 2. The monoisotopic (exact) mass is 461 g/mol. The van der Waals surface area contributed by atoms with Crippen LogP contribution in [0.4, 0.5) is 11.4 Å². The third kappa shape index (κ3) is 4.71. The lowest BCUT2D eigenvalue weighted by molar-refractivity contribution is -0.117. The zero-order chi connectivity index (χ0) is 23.6. The van der Waals surface area contributed by atoms with Crippen molar-refractivity contribution in [3.05, 3.63) is 42.0 Å². The maximum Gasteiger partial charge on any atom is 0.243 e. The van der Waals surface area contributed by atoms with Crippen molar-refractivity contribution >= 4 is 33.2 Å². The van der Waals surface area contributed by atoms with Crippen LogP contribution < -0.4 is 19.7 Å². The summed E-state index contributed by atoms with van der Waals surface area (Å²) in [5.41, 5.74) is 1.93. The predicted molar refractivity (Wildman–Crippen MR) is 121 cm³/mol. The van der Waals surface area contributed by atoms with Gasteiger partial charge in [0.05, 0.1) is 25.7 Å². The van der Waals surface area contributed by atoms with Crippen molar-refractivity contribution in [3.8, 4) is 11.5 Å². The van der Waals surface area contributed by atoms with Gasteiger partial charge in [-0.25, -0.2) is 8.42 Å². The molecular formula is C22H27N3O6S. The first-order valence-corrected chi connectivity index (χ1v) is 11.4. The second kappa shape index (κ2) is 9.17. The molecule has 1 aliphatic rings. The fourth-order valence-corrected chi connectivity index (χ4v) is 4.97. The van der Waals surface area contributed by atoms with E-state index in [1.807, 2.05) is 6.92 Å². The van der Waals surface area contributed by atoms with Crippen molar-refractivity contribution < 1.29 is 27.5 Å². The SMILES string of the molecule is COc1cc(NC(=O)CN(C)S(=O)(=O)c2ccc3c(c2)C[C@H](C)N3C(C)=O)cc(OC)c1. The highest BCUT2D eigenvalue weighted by atomic mass is 32.2. The van der Waals surface area contributed by atoms with E-state index in [0.717, 1.165) is 15.6 Å². The number of methoxy groups -OCH3 is 2. The first-order valence-electron chi connectivity index (χ1n) is 9.98. The zero-order valence-corrected chi connectivity index (χ0v) is 19.5. The molecule has 0 aliphatic carbocycles. The number of carbonyl (C=O) groups excluding carboxylic acids is 2. The molecule has 1 heterocycles. The third-order valence-electron chi connectivity index (χ3n) is 5.32. The second-order valence-electron chi connectivity index (χ2n) is 7.64. The lowest BCUT2D eigenvalue weighted by Crippen LogP contribution is -2.35. The molecule has 2 aromatic rings. The van der Waals surface area contributed by atoms with Gasteiger partial charge in [0, 0.05) is 49.6 Å². The molecule has 1 aliphatic heterocycles. The Bertz CT molecular complexity index is 1130. The maximum absolute atomic E-state index is 13.0. The molecule has 0 aromatic heterocycles. The fraction of sp³-hybridized carbons (Fsp3) is 0.364. The van der Waals surface area contributed by atoms with Crippen molar-refractivity contribution in [1.29, 1.82) is 0 Å². The van der Waals surface area contributed by atoms with Crippen molar-refractivity contribution in [2.24, 2.45) is 0 Å². The first kappa shape index (κ1) is 23.6. The van der Waals surface area contributed by atoms with E-state index in [4.69, 9.17) is 9.47 Å². The van der Waals surface area contributed by atoms with Crippen LogP contribution in [0.2, 0.25) is 0 Å². The lowest BCUT2D eigenvalue weighted by Gasteiger charge is -2.21. The van der Waals surface area contributed by atoms with E-state index in [9.17, 15) is 18.0 Å². The van der Waals surface area contributed by atoms with Gasteiger partial charge < -0.3 is 19.7 Å². The summed E-state index contributed by atoms with van der Waals surface area (Å²) < 4.78 is 37.4. The van der Waals surface area contributed by atoms with Gasteiger partial charge in [-0.05, 0) is 37.1 Å². The summed E-state index contributed by atoms with van der Waals surface area (Å²) in [5.74, 6) is 0.388. The number of anilines is 2. The summed E-state index contributed by atoms with van der Waals surface area (Å²) in [4.78, 5) is 26.1. The van der Waals surface area contributed by atoms with Gasteiger partial charge in [0.25, 0.3) is 0 Å². The van der Waals surface area contributed by atoms with E-state index in [2.05, 4.69) is 5.32 Å². The lowest BCUT2D eigenvalue weighted by atomic mass is 10.1. The molecule has 2 amide bonds. The Morgan fingerprint density at radius 3 is 2.31 bits per heavy atom. The van der Waals surface area contributed by atoms with Crippen molar-refractivity contribution in [2.75, 3.05) is 38.0 Å². The highest BCUT2D eigenvalue weighted by Gasteiger charge is 2.31. The number of nitrogens with zero attached hydrogens (tertiary/aromatic N) is 2. The van der Waals surface area contributed by atoms with E-state index in [1.54, 1.807) is 35.2 Å². The molecule has 172 valence electrons. The van der Waals surface area contributed by atoms with E-state index in [1.165, 1.54) is 34.3 Å². The number of hydrogen-bond acceptors (Lipinski definition) is 6. The highest BCUT2D eigenvalue weighted by Crippen LogP contribution is 2.34. The summed E-state index contributed by atoms with van der Waals surface area (Å²) in [6.45, 7) is 3.02. The molecule has 0 fully saturated rings. The van der Waals surface area contributed by atoms with Crippen LogP contribution in [0.1, 0.15) is 19.4 Å². The van der Waals surface area contributed by atoms with Crippen molar-refractivity contribution in [3.63, 3.8) is 0 Å². The van der Waals surface area contributed by atoms with E-state index in [0.29, 0.717) is 23.6 Å². The predicted octanol–water partition coefficient (Wildman–Crippen LogP) is 2.26. The van der Waals surface area contributed by atoms with Gasteiger partial charge in [0.2, 0.25) is 21.8 Å². The average Bonchev–Trinajstić information content (AvgIpc) is 3.08. The van der Waals surface area contributed by atoms with Gasteiger partial charge in [-0.2, -0.15) is 4.31 Å². The van der Waals surface area contributed by atoms with Crippen LogP contribution in [0.3, 0.4) is 0 Å². The summed E-state index contributed by atoms with van der Waals surface area (Å²) >= 11 is 0. The largest absolute Gasteiger partial charge is 0.497 e. The summed E-state index contributed by atoms with van der Waals surface area (Å²) in [6.07, 6.45) is 0.570. The minimum absolute atomic E-state index is 0.0381. The van der Waals surface area contributed by atoms with Gasteiger partial charge in [0.1, 0.15) is 11.5 Å². The molecule has 9 nitrogen and oxygen atoms in total. The summed E-state index contributed by atoms with van der Waals surface area (Å²) in [6, 6.07) is 9.52. The van der Waals surface area contributed by atoms with Crippen LogP contribution in [0.25, 0.3) is 0 Å². The number of benzene rings is 2. The van der Waals surface area contributed by atoms with Crippen LogP contribution in [0.15, 0.2) is 41.3 Å². The van der Waals surface area contributed by atoms with Crippen LogP contribution in [0.5, 0.6) is 11.5 Å². The number of rotatable bonds is 7. The molecule has 0 spiro atoms. The van der Waals surface area contributed by atoms with Crippen molar-refractivity contribution in [2.45, 2.75) is 31.2 Å². The Balaban J connectivity index is 1.75. The molecule has 0 radical (unpaired) electrons. The molecule has 2 aromatic carbocycles. The number of ether oxygens (including phenoxy) is 2. The zero-order valence-electron chi connectivity index (χ0n) is 18.7. The minimum atomic E-state index is -3.91. The van der Waals surface area contributed by atoms with E-state index >= 15 is 0 Å². The molecule has 0 saturated heterocycles. The Morgan fingerprint density at radius 2 is 1.75 bits per heavy atom. The smallest absolute Gasteiger partial charge is 0.243 e. The third-order valence-corrected chi connectivity index (χ3v) is 7.11. The standard InChI is InChI=1S/C22H27N3O6S/c1-14-8-16-9-20(6-7-21(16)25(14)15(2)26)32(28,29)24(3)13-22(27)23-17-10-18(30-4)12-19(11-17)31-5/h6-7,9-12,14H,8,13H2,1-5H3,(H,23,27)/t14-/m0/s1. The number of sulfonamides is 1. The van der Waals surface area contributed by atoms with Crippen LogP contribution in [-0.4, -0.2) is 58.4 Å². The molecule has 0 bridgehead atoms. The molecule has 0 unspecified atom stereocenters. The van der Waals surface area contributed by atoms with Gasteiger partial charge in [-0.3, -0.25) is 9.59 Å². The second-order valence-corrected chi connectivity index (χ2v) is 9.69. The number of nitrogens with one attached hydrogen (secondary N) is 1. The Labute approximate surface area is 188 Å². The number of amides is 2. The Morgan fingerprint density at radius 1 is 1.12 bits per heavy atom. The molecule has 32 heavy (non-hydrogen) atoms. The quantitative estimate of drug-likeness (QED) is 0.678. The minimum Gasteiger partial charge on any atom is -0.497 e. The average molecular weight is 462 g/mol. The van der Waals surface area contributed by atoms with Crippen LogP contribution in [0, 0.1) is 0 Å². The number of fused-ring (bicyclic) bond motifs is 1. The summed E-state index contributed by atoms with van der Waals surface area (Å²) in [7, 11) is 0.424. The van der Waals surface area contributed by atoms with Gasteiger partial charge in [-0.15, -0.1) is 0 Å². The van der Waals surface area contributed by atoms with Gasteiger partial charge in [0.15, 0.2) is 0 Å². The van der Waals surface area contributed by atoms with E-state index < -0.39 is 15.9 Å². The van der Waals surface area contributed by atoms with Crippen molar-refractivity contribution in [1.82, 2.24) is 4.31 Å². The molecule has 1 atom stereocenters. The van der Waals surface area contributed by atoms with Gasteiger partial charge >= 0.3 is 0 Å². The molecule has 10 heteroatoms. The number of likely N-dealkylation sites (N-methyl/N-ethyl adjacent to an activating group) is 1. The summed E-state index contributed by atoms with van der Waals surface area (Å²) in [5, 5.41) is 2.66. The van der Waals surface area contributed by atoms with Crippen LogP contribution >= 0.6 is 0 Å². The molecule has 1 N–H and O–H groups in total.